The summed E-state index contributed by atoms with van der Waals surface area (Å²) in [6, 6.07) is 7.91. The van der Waals surface area contributed by atoms with Crippen molar-refractivity contribution in [2.45, 2.75) is 0 Å². The average molecular weight is 267 g/mol. The molecule has 0 spiro atoms. The minimum absolute atomic E-state index is 0.745. The zero-order chi connectivity index (χ0) is 13.4. The maximum atomic E-state index is 5.85. The Kier molecular flexibility index (Phi) is 2.89. The molecule has 20 heavy (non-hydrogen) atoms. The van der Waals surface area contributed by atoms with Crippen LogP contribution < -0.4 is 10.1 Å². The summed E-state index contributed by atoms with van der Waals surface area (Å²) in [7, 11) is 0. The van der Waals surface area contributed by atoms with Crippen molar-refractivity contribution in [1.29, 1.82) is 0 Å². The van der Waals surface area contributed by atoms with E-state index in [1.54, 1.807) is 12.4 Å². The molecule has 4 heteroatoms. The van der Waals surface area contributed by atoms with Crippen LogP contribution in [0.1, 0.15) is 0 Å². The molecule has 0 amide bonds. The van der Waals surface area contributed by atoms with Gasteiger partial charge in [0.2, 0.25) is 0 Å². The van der Waals surface area contributed by atoms with Gasteiger partial charge in [0.15, 0.2) is 0 Å². The molecule has 2 aromatic heterocycles. The zero-order valence-corrected chi connectivity index (χ0v) is 11.2. The van der Waals surface area contributed by atoms with Crippen LogP contribution in [-0.2, 0) is 0 Å². The van der Waals surface area contributed by atoms with E-state index in [2.05, 4.69) is 15.3 Å². The average Bonchev–Trinajstić information content (AvgIpc) is 2.94. The number of piperidine rings is 1. The number of pyridine rings is 2. The number of hydrogen-bond acceptors (Lipinski definition) is 4. The monoisotopic (exact) mass is 267 g/mol. The summed E-state index contributed by atoms with van der Waals surface area (Å²) in [5.74, 6) is 3.29. The summed E-state index contributed by atoms with van der Waals surface area (Å²) in [5, 5.41) is 3.40. The fraction of sp³-hybridized carbons (Fsp3) is 0.375. The molecule has 2 fully saturated rings. The molecule has 2 unspecified atom stereocenters. The van der Waals surface area contributed by atoms with Gasteiger partial charge >= 0.3 is 0 Å². The largest absolute Gasteiger partial charge is 0.492 e. The number of fused-ring (bicyclic) bond motifs is 1. The smallest absolute Gasteiger partial charge is 0.137 e. The standard InChI is InChI=1S/C16H17N3O/c1-2-11(6-17-5-1)16-4-3-12(7-19-16)20-10-15-13-8-18-9-14(13)15/h1-7,13-15,18H,8-10H2/t13-,14?,15?/m1/s1. The van der Waals surface area contributed by atoms with E-state index in [0.717, 1.165) is 54.5 Å². The molecular formula is C16H17N3O. The second-order valence-electron chi connectivity index (χ2n) is 5.58. The van der Waals surface area contributed by atoms with Crippen LogP contribution in [0.3, 0.4) is 0 Å². The van der Waals surface area contributed by atoms with Crippen molar-refractivity contribution >= 4 is 0 Å². The molecule has 2 aliphatic rings. The maximum Gasteiger partial charge on any atom is 0.137 e. The Labute approximate surface area is 118 Å². The lowest BCUT2D eigenvalue weighted by molar-refractivity contribution is 0.279. The third-order valence-corrected chi connectivity index (χ3v) is 4.41. The number of rotatable bonds is 4. The minimum Gasteiger partial charge on any atom is -0.492 e. The molecule has 1 aliphatic heterocycles. The van der Waals surface area contributed by atoms with Crippen molar-refractivity contribution < 1.29 is 4.74 Å². The highest BCUT2D eigenvalue weighted by Crippen LogP contribution is 2.48. The van der Waals surface area contributed by atoms with Gasteiger partial charge in [-0.1, -0.05) is 0 Å². The summed E-state index contributed by atoms with van der Waals surface area (Å²) < 4.78 is 5.85. The van der Waals surface area contributed by atoms with Crippen molar-refractivity contribution in [3.8, 4) is 17.0 Å². The molecule has 0 radical (unpaired) electrons. The van der Waals surface area contributed by atoms with Gasteiger partial charge in [-0.25, -0.2) is 0 Å². The topological polar surface area (TPSA) is 47.0 Å². The van der Waals surface area contributed by atoms with E-state index >= 15 is 0 Å². The number of nitrogens with zero attached hydrogens (tertiary/aromatic N) is 2. The Bertz CT molecular complexity index is 574. The van der Waals surface area contributed by atoms with Gasteiger partial charge in [0.1, 0.15) is 5.75 Å². The van der Waals surface area contributed by atoms with Crippen LogP contribution in [0.2, 0.25) is 0 Å². The van der Waals surface area contributed by atoms with E-state index in [-0.39, 0.29) is 0 Å². The molecule has 3 atom stereocenters. The first-order valence-electron chi connectivity index (χ1n) is 7.12. The summed E-state index contributed by atoms with van der Waals surface area (Å²) in [5.41, 5.74) is 1.96. The van der Waals surface area contributed by atoms with Gasteiger partial charge in [-0.2, -0.15) is 0 Å². The van der Waals surface area contributed by atoms with Gasteiger partial charge in [0.25, 0.3) is 0 Å². The highest BCUT2D eigenvalue weighted by molar-refractivity contribution is 5.57. The normalized spacial score (nSPS) is 27.1. The fourth-order valence-electron chi connectivity index (χ4n) is 3.14. The van der Waals surface area contributed by atoms with Crippen LogP contribution in [0, 0.1) is 17.8 Å². The Morgan fingerprint density at radius 2 is 2.05 bits per heavy atom. The lowest BCUT2D eigenvalue weighted by Gasteiger charge is -2.08. The number of aromatic nitrogens is 2. The Balaban J connectivity index is 1.38. The first-order valence-corrected chi connectivity index (χ1v) is 7.12. The van der Waals surface area contributed by atoms with E-state index < -0.39 is 0 Å². The van der Waals surface area contributed by atoms with Gasteiger partial charge in [-0.15, -0.1) is 0 Å². The molecule has 4 nitrogen and oxygen atoms in total. The third kappa shape index (κ3) is 2.16. The summed E-state index contributed by atoms with van der Waals surface area (Å²) >= 11 is 0. The molecule has 1 saturated carbocycles. The van der Waals surface area contributed by atoms with Crippen LogP contribution in [-0.4, -0.2) is 29.7 Å². The molecule has 2 aromatic rings. The lowest BCUT2D eigenvalue weighted by atomic mass is 10.2. The Hall–Kier alpha value is -1.94. The Morgan fingerprint density at radius 3 is 2.75 bits per heavy atom. The predicted octanol–water partition coefficient (Wildman–Crippen LogP) is 1.99. The summed E-state index contributed by atoms with van der Waals surface area (Å²) in [6.07, 6.45) is 5.39. The van der Waals surface area contributed by atoms with Gasteiger partial charge in [-0.3, -0.25) is 9.97 Å². The van der Waals surface area contributed by atoms with Crippen molar-refractivity contribution in [2.24, 2.45) is 17.8 Å². The van der Waals surface area contributed by atoms with Gasteiger partial charge in [0.05, 0.1) is 18.5 Å². The molecule has 1 saturated heterocycles. The van der Waals surface area contributed by atoms with Crippen molar-refractivity contribution in [3.63, 3.8) is 0 Å². The van der Waals surface area contributed by atoms with E-state index in [9.17, 15) is 0 Å². The SMILES string of the molecule is c1cncc(-c2ccc(OCC3C4CNC[C@H]43)cn2)c1. The third-order valence-electron chi connectivity index (χ3n) is 4.41. The van der Waals surface area contributed by atoms with Crippen molar-refractivity contribution in [1.82, 2.24) is 15.3 Å². The molecule has 102 valence electrons. The predicted molar refractivity (Wildman–Crippen MR) is 76.3 cm³/mol. The van der Waals surface area contributed by atoms with Crippen LogP contribution in [0.5, 0.6) is 5.75 Å². The first-order chi connectivity index (χ1) is 9.92. The van der Waals surface area contributed by atoms with Gasteiger partial charge in [-0.05, 0) is 49.2 Å². The first kappa shape index (κ1) is 11.9. The second-order valence-corrected chi connectivity index (χ2v) is 5.58. The van der Waals surface area contributed by atoms with Crippen LogP contribution in [0.4, 0.5) is 0 Å². The van der Waals surface area contributed by atoms with Crippen LogP contribution in [0.25, 0.3) is 11.3 Å². The number of nitrogens with one attached hydrogen (secondary N) is 1. The lowest BCUT2D eigenvalue weighted by Crippen LogP contribution is -2.17. The van der Waals surface area contributed by atoms with Crippen molar-refractivity contribution in [2.75, 3.05) is 19.7 Å². The Morgan fingerprint density at radius 1 is 1.15 bits per heavy atom. The molecule has 4 rings (SSSR count). The van der Waals surface area contributed by atoms with Gasteiger partial charge in [0, 0.05) is 23.9 Å². The molecule has 0 aromatic carbocycles. The summed E-state index contributed by atoms with van der Waals surface area (Å²) in [4.78, 5) is 8.55. The molecule has 3 heterocycles. The van der Waals surface area contributed by atoms with E-state index in [0.29, 0.717) is 0 Å². The van der Waals surface area contributed by atoms with Crippen LogP contribution in [0.15, 0.2) is 42.9 Å². The zero-order valence-electron chi connectivity index (χ0n) is 11.2. The van der Waals surface area contributed by atoms with Crippen LogP contribution >= 0.6 is 0 Å². The number of hydrogen-bond donors (Lipinski definition) is 1. The molecule has 0 bridgehead atoms. The second kappa shape index (κ2) is 4.87. The van der Waals surface area contributed by atoms with Crippen molar-refractivity contribution in [3.05, 3.63) is 42.9 Å². The highest BCUT2D eigenvalue weighted by Gasteiger charge is 2.52. The fourth-order valence-corrected chi connectivity index (χ4v) is 3.14. The van der Waals surface area contributed by atoms with E-state index in [4.69, 9.17) is 4.74 Å². The quantitative estimate of drug-likeness (QED) is 0.920. The minimum atomic E-state index is 0.745. The van der Waals surface area contributed by atoms with E-state index in [1.165, 1.54) is 0 Å². The molecule has 1 aliphatic carbocycles. The summed E-state index contributed by atoms with van der Waals surface area (Å²) in [6.45, 7) is 3.15. The molecular weight excluding hydrogens is 250 g/mol. The van der Waals surface area contributed by atoms with E-state index in [1.807, 2.05) is 30.5 Å². The highest BCUT2D eigenvalue weighted by atomic mass is 16.5. The van der Waals surface area contributed by atoms with Gasteiger partial charge < -0.3 is 10.1 Å². The maximum absolute atomic E-state index is 5.85. The number of ether oxygens (including phenoxy) is 1. The molecule has 1 N–H and O–H groups in total.